The zero-order valence-corrected chi connectivity index (χ0v) is 57.7. The van der Waals surface area contributed by atoms with Crippen molar-refractivity contribution < 1.29 is 76.5 Å². The molecule has 1 saturated heterocycles. The summed E-state index contributed by atoms with van der Waals surface area (Å²) in [7, 11) is 0.909. The van der Waals surface area contributed by atoms with Crippen molar-refractivity contribution in [2.24, 2.45) is 0 Å². The summed E-state index contributed by atoms with van der Waals surface area (Å²) in [4.78, 5) is 93.3. The van der Waals surface area contributed by atoms with Crippen molar-refractivity contribution in [3.63, 3.8) is 0 Å². The molecule has 9 aromatic rings. The van der Waals surface area contributed by atoms with Crippen LogP contribution in [-0.4, -0.2) is 134 Å². The van der Waals surface area contributed by atoms with Crippen molar-refractivity contribution in [3.05, 3.63) is 262 Å². The van der Waals surface area contributed by atoms with Crippen molar-refractivity contribution >= 4 is 60.6 Å². The molecule has 1 unspecified atom stereocenters. The standard InChI is InChI=1S/C71H74N11O20P/c1-46(2)78(47(3)4)103(99-43-39-51-18-30-58(31-19-51)82(91)92)102-101-64-61(44-98-71(52-10-8-7-9-11-52,53-20-32-59(93-5)33-21-53)54-22-34-60(94-6)35-23-54)100-67(62(64)73-69(83)96-41-37-49-14-26-56(27-15-49)80(87)88)77-45-72-63-65(77)74-68(75-66(63)95-40-36-48-12-24-55(25-13-48)79(85)86)76-70(84)97-42-38-50-16-28-57(29-17-50)81(89)90/h7-35,45-47,61-62,64,67H,36-44H2,1-6H3,(H,73,83)(H,74,75,76,84)/t61-,62-,64-,67-,103?/m1/s1. The average Bonchev–Trinajstić information content (AvgIpc) is 1.74. The minimum absolute atomic E-state index is 0.0267. The van der Waals surface area contributed by atoms with Gasteiger partial charge in [0.05, 0.1) is 73.3 Å². The molecule has 3 heterocycles. The summed E-state index contributed by atoms with van der Waals surface area (Å²) in [6.07, 6.45) is -3.93. The van der Waals surface area contributed by atoms with E-state index in [9.17, 15) is 50.0 Å². The van der Waals surface area contributed by atoms with E-state index in [0.29, 0.717) is 51.3 Å². The van der Waals surface area contributed by atoms with Gasteiger partial charge in [-0.3, -0.25) is 50.3 Å². The molecule has 2 amide bonds. The number of rotatable bonds is 35. The third-order valence-corrected chi connectivity index (χ3v) is 18.6. The number of nitro groups is 4. The number of nitrogens with one attached hydrogen (secondary N) is 2. The maximum absolute atomic E-state index is 14.8. The molecule has 0 radical (unpaired) electrons. The first-order valence-electron chi connectivity index (χ1n) is 32.6. The van der Waals surface area contributed by atoms with Crippen molar-refractivity contribution in [3.8, 4) is 17.4 Å². The Morgan fingerprint density at radius 3 is 1.49 bits per heavy atom. The third-order valence-electron chi connectivity index (χ3n) is 16.7. The number of non-ortho nitro benzene ring substituents is 4. The van der Waals surface area contributed by atoms with Crippen LogP contribution in [0.1, 0.15) is 72.9 Å². The zero-order valence-electron chi connectivity index (χ0n) is 56.8. The number of carbonyl (C=O) groups excluding carboxylic acids is 2. The van der Waals surface area contributed by atoms with Crippen LogP contribution in [0.15, 0.2) is 182 Å². The van der Waals surface area contributed by atoms with Gasteiger partial charge in [0.25, 0.3) is 31.3 Å². The largest absolute Gasteiger partial charge is 0.497 e. The third kappa shape index (κ3) is 18.9. The van der Waals surface area contributed by atoms with E-state index in [4.69, 9.17) is 57.2 Å². The highest BCUT2D eigenvalue weighted by atomic mass is 31.2. The number of benzene rings is 7. The van der Waals surface area contributed by atoms with Gasteiger partial charge in [-0.15, -0.1) is 0 Å². The molecule has 0 aliphatic carbocycles. The molecular weight excluding hydrogens is 1360 g/mol. The highest BCUT2D eigenvalue weighted by Crippen LogP contribution is 2.49. The highest BCUT2D eigenvalue weighted by Gasteiger charge is 2.52. The molecule has 7 aromatic carbocycles. The summed E-state index contributed by atoms with van der Waals surface area (Å²) in [5, 5.41) is 51.5. The number of ether oxygens (including phenoxy) is 7. The Kier molecular flexibility index (Phi) is 25.3. The summed E-state index contributed by atoms with van der Waals surface area (Å²) in [6, 6.07) is 45.8. The highest BCUT2D eigenvalue weighted by molar-refractivity contribution is 7.44. The molecule has 5 atom stereocenters. The minimum atomic E-state index is -2.20. The number of methoxy groups -OCH3 is 2. The summed E-state index contributed by atoms with van der Waals surface area (Å²) in [6.45, 7) is 7.02. The molecule has 0 spiro atoms. The van der Waals surface area contributed by atoms with Crippen LogP contribution >= 0.6 is 8.53 Å². The number of anilines is 1. The average molecular weight is 1430 g/mol. The minimum Gasteiger partial charge on any atom is -0.497 e. The Bertz CT molecular complexity index is 4300. The molecule has 1 aliphatic heterocycles. The molecule has 2 N–H and O–H groups in total. The van der Waals surface area contributed by atoms with E-state index in [1.165, 1.54) is 59.4 Å². The number of alkyl carbamates (subject to hydrolysis) is 1. The lowest BCUT2D eigenvalue weighted by atomic mass is 9.80. The van der Waals surface area contributed by atoms with Gasteiger partial charge < -0.3 is 43.0 Å². The quantitative estimate of drug-likeness (QED) is 0.0122. The number of aromatic nitrogens is 4. The molecule has 103 heavy (non-hydrogen) atoms. The normalized spacial score (nSPS) is 15.4. The summed E-state index contributed by atoms with van der Waals surface area (Å²) in [5.41, 5.74) is 2.73. The van der Waals surface area contributed by atoms with Gasteiger partial charge in [0.2, 0.25) is 11.8 Å². The van der Waals surface area contributed by atoms with Gasteiger partial charge in [0.15, 0.2) is 17.4 Å². The SMILES string of the molecule is COc1ccc(C(OC[C@H]2O[C@@H](n3cnc4c(OCCc5ccc([N+](=O)[O-])cc5)nc(NC(=O)OCCc5ccc([N+](=O)[O-])cc5)nc43)[C@H](NC(=O)OCCc3ccc([N+](=O)[O-])cc3)[C@@H]2OOP(OCCc2ccc([N+](=O)[O-])cc2)N(C(C)C)C(C)C)(c2ccccc2)c2ccc(OC)cc2)cc1. The molecule has 1 fully saturated rings. The number of amides is 2. The molecule has 2 aromatic heterocycles. The fourth-order valence-corrected chi connectivity index (χ4v) is 13.0. The fourth-order valence-electron chi connectivity index (χ4n) is 11.6. The zero-order chi connectivity index (χ0) is 73.2. The second-order valence-corrected chi connectivity index (χ2v) is 25.3. The van der Waals surface area contributed by atoms with Crippen LogP contribution in [0, 0.1) is 40.5 Å². The van der Waals surface area contributed by atoms with Gasteiger partial charge in [-0.05, 0) is 97.3 Å². The molecule has 1 aliphatic rings. The monoisotopic (exact) mass is 1430 g/mol. The van der Waals surface area contributed by atoms with E-state index >= 15 is 0 Å². The number of nitro benzene ring substituents is 4. The molecule has 0 bridgehead atoms. The lowest BCUT2D eigenvalue weighted by molar-refractivity contribution is -0.385. The molecule has 538 valence electrons. The van der Waals surface area contributed by atoms with Gasteiger partial charge in [0.1, 0.15) is 35.3 Å². The molecule has 10 rings (SSSR count). The first kappa shape index (κ1) is 74.5. The Morgan fingerprint density at radius 2 is 1.03 bits per heavy atom. The van der Waals surface area contributed by atoms with Crippen LogP contribution in [0.25, 0.3) is 11.2 Å². The smallest absolute Gasteiger partial charge is 0.414 e. The van der Waals surface area contributed by atoms with Crippen molar-refractivity contribution in [2.45, 2.75) is 95.5 Å². The van der Waals surface area contributed by atoms with E-state index in [2.05, 4.69) is 15.6 Å². The Labute approximate surface area is 591 Å². The van der Waals surface area contributed by atoms with Crippen molar-refractivity contribution in [2.75, 3.05) is 52.6 Å². The van der Waals surface area contributed by atoms with Crippen molar-refractivity contribution in [1.82, 2.24) is 29.5 Å². The number of hydrogen-bond donors (Lipinski definition) is 2. The molecule has 32 heteroatoms. The van der Waals surface area contributed by atoms with Crippen LogP contribution in [0.4, 0.5) is 38.3 Å². The van der Waals surface area contributed by atoms with Gasteiger partial charge in [-0.2, -0.15) is 14.6 Å². The number of imidazole rings is 1. The maximum Gasteiger partial charge on any atom is 0.414 e. The van der Waals surface area contributed by atoms with Crippen LogP contribution < -0.4 is 24.8 Å². The Hall–Kier alpha value is -11.2. The van der Waals surface area contributed by atoms with Crippen LogP contribution in [0.5, 0.6) is 17.4 Å². The second-order valence-electron chi connectivity index (χ2n) is 23.9. The van der Waals surface area contributed by atoms with E-state index in [-0.39, 0.29) is 110 Å². The Balaban J connectivity index is 1.08. The lowest BCUT2D eigenvalue weighted by Gasteiger charge is -2.38. The van der Waals surface area contributed by atoms with Crippen LogP contribution in [0.2, 0.25) is 0 Å². The van der Waals surface area contributed by atoms with Gasteiger partial charge in [0, 0.05) is 79.9 Å². The van der Waals surface area contributed by atoms with Gasteiger partial charge >= 0.3 is 12.2 Å². The van der Waals surface area contributed by atoms with Crippen LogP contribution in [-0.2, 0) is 64.3 Å². The van der Waals surface area contributed by atoms with E-state index in [0.717, 1.165) is 5.56 Å². The topological polar surface area (TPSA) is 370 Å². The van der Waals surface area contributed by atoms with Crippen LogP contribution in [0.3, 0.4) is 0 Å². The van der Waals surface area contributed by atoms with E-state index < -0.39 is 70.5 Å². The van der Waals surface area contributed by atoms with Gasteiger partial charge in [-0.1, -0.05) is 103 Å². The van der Waals surface area contributed by atoms with E-state index in [1.807, 2.05) is 87.0 Å². The van der Waals surface area contributed by atoms with Crippen molar-refractivity contribution in [1.29, 1.82) is 0 Å². The summed E-state index contributed by atoms with van der Waals surface area (Å²) < 4.78 is 60.5. The first-order chi connectivity index (χ1) is 49.7. The second kappa shape index (κ2) is 34.9. The summed E-state index contributed by atoms with van der Waals surface area (Å²) in [5.74, 6) is 0.625. The predicted octanol–water partition coefficient (Wildman–Crippen LogP) is 13.1. The number of nitrogens with zero attached hydrogens (tertiary/aromatic N) is 9. The first-order valence-corrected chi connectivity index (χ1v) is 33.7. The Morgan fingerprint density at radius 1 is 0.583 bits per heavy atom. The molecule has 31 nitrogen and oxygen atoms in total. The molecular formula is C71H74N11O20P. The summed E-state index contributed by atoms with van der Waals surface area (Å²) >= 11 is 0. The molecule has 0 saturated carbocycles. The fraction of sp³-hybridized carbons (Fsp3) is 0.310. The number of hydrogen-bond acceptors (Lipinski definition) is 24. The lowest BCUT2D eigenvalue weighted by Crippen LogP contribution is -2.49. The number of carbonyl (C=O) groups is 2. The van der Waals surface area contributed by atoms with E-state index in [1.54, 1.807) is 87.0 Å². The van der Waals surface area contributed by atoms with Gasteiger partial charge in [-0.25, -0.2) is 24.1 Å². The maximum atomic E-state index is 14.8. The predicted molar refractivity (Wildman–Crippen MR) is 374 cm³/mol. The number of fused-ring (bicyclic) bond motifs is 1.